The lowest BCUT2D eigenvalue weighted by molar-refractivity contribution is -0.338. The van der Waals surface area contributed by atoms with E-state index in [9.17, 15) is 49.8 Å². The first kappa shape index (κ1) is 50.2. The van der Waals surface area contributed by atoms with Crippen LogP contribution in [0.15, 0.2) is 18.3 Å². The van der Waals surface area contributed by atoms with Crippen LogP contribution in [-0.2, 0) is 38.1 Å². The number of carboxylic acid groups (broad SMARTS) is 1. The van der Waals surface area contributed by atoms with Crippen LogP contribution in [0.5, 0.6) is 5.88 Å². The maximum Gasteiger partial charge on any atom is 0.332 e. The molecule has 6 unspecified atom stereocenters. The summed E-state index contributed by atoms with van der Waals surface area (Å²) in [7, 11) is 0. The number of carboxylic acids is 1. The molecule has 352 valence electrons. The summed E-state index contributed by atoms with van der Waals surface area (Å²) in [5.74, 6) is -0.714. The average molecular weight is 892 g/mol. The lowest BCUT2D eigenvalue weighted by Crippen LogP contribution is -2.67. The van der Waals surface area contributed by atoms with E-state index in [1.807, 2.05) is 6.92 Å². The number of ether oxygens (including phenoxy) is 6. The van der Waals surface area contributed by atoms with E-state index in [0.717, 1.165) is 32.1 Å². The number of aliphatic hydroxyl groups excluding tert-OH is 5. The number of carbonyl (C=O) groups is 4. The van der Waals surface area contributed by atoms with E-state index >= 15 is 0 Å². The van der Waals surface area contributed by atoms with Gasteiger partial charge in [0.05, 0.1) is 30.5 Å². The molecule has 3 heterocycles. The van der Waals surface area contributed by atoms with Crippen molar-refractivity contribution in [3.05, 3.63) is 23.9 Å². The molecule has 8 N–H and O–H groups in total. The second-order valence-electron chi connectivity index (χ2n) is 17.1. The molecule has 19 nitrogen and oxygen atoms in total. The smallest absolute Gasteiger partial charge is 0.332 e. The minimum Gasteiger partial charge on any atom is -0.479 e. The van der Waals surface area contributed by atoms with Crippen molar-refractivity contribution >= 4 is 23.6 Å². The molecule has 0 aromatic carbocycles. The van der Waals surface area contributed by atoms with Crippen molar-refractivity contribution in [3.8, 4) is 18.2 Å². The highest BCUT2D eigenvalue weighted by molar-refractivity contribution is 5.93. The van der Waals surface area contributed by atoms with Gasteiger partial charge in [-0.2, -0.15) is 0 Å². The second kappa shape index (κ2) is 23.9. The first-order valence-electron chi connectivity index (χ1n) is 22.1. The fraction of sp³-hybridized carbons (Fsp3) is 0.750. The summed E-state index contributed by atoms with van der Waals surface area (Å²) in [5.41, 5.74) is 0.288. The summed E-state index contributed by atoms with van der Waals surface area (Å²) in [6, 6.07) is 1.74. The Bertz CT molecular complexity index is 1690. The number of Topliss-reactive ketones (excluding diaryl/α,β-unsaturated/α-hetero) is 1. The molecule has 2 saturated heterocycles. The fourth-order valence-electron chi connectivity index (χ4n) is 9.11. The zero-order valence-corrected chi connectivity index (χ0v) is 36.2. The van der Waals surface area contributed by atoms with Gasteiger partial charge in [0.1, 0.15) is 48.4 Å². The number of aliphatic hydroxyl groups is 5. The van der Waals surface area contributed by atoms with Gasteiger partial charge < -0.3 is 69.7 Å². The van der Waals surface area contributed by atoms with Crippen molar-refractivity contribution in [1.82, 2.24) is 15.6 Å². The monoisotopic (exact) mass is 891 g/mol. The van der Waals surface area contributed by atoms with Crippen molar-refractivity contribution in [3.63, 3.8) is 0 Å². The Labute approximate surface area is 367 Å². The van der Waals surface area contributed by atoms with Crippen LogP contribution in [-0.4, -0.2) is 159 Å². The topological polar surface area (TPSA) is 282 Å². The summed E-state index contributed by atoms with van der Waals surface area (Å²) in [5, 5.41) is 69.6. The molecule has 0 radical (unpaired) electrons. The van der Waals surface area contributed by atoms with Crippen LogP contribution in [0.1, 0.15) is 102 Å². The summed E-state index contributed by atoms with van der Waals surface area (Å²) < 4.78 is 36.4. The Morgan fingerprint density at radius 3 is 2.35 bits per heavy atom. The molecule has 1 aromatic rings. The third-order valence-corrected chi connectivity index (χ3v) is 12.6. The van der Waals surface area contributed by atoms with Gasteiger partial charge in [-0.05, 0) is 50.5 Å². The van der Waals surface area contributed by atoms with Crippen LogP contribution in [0, 0.1) is 30.1 Å². The highest BCUT2D eigenvalue weighted by Crippen LogP contribution is 2.40. The molecule has 1 aromatic heterocycles. The second-order valence-corrected chi connectivity index (χ2v) is 17.1. The molecule has 15 atom stereocenters. The van der Waals surface area contributed by atoms with Crippen molar-refractivity contribution < 1.29 is 78.2 Å². The van der Waals surface area contributed by atoms with E-state index in [-0.39, 0.29) is 55.6 Å². The number of terminal acetylenes is 1. The minimum absolute atomic E-state index is 0.0274. The Kier molecular flexibility index (Phi) is 19.1. The standard InChI is InChI=1S/C44H65N3O16/c1-5-17-58-33-15-14-27(21-46-33)41(55)45-16-10-13-29(50)28-19-26(6-2)39(63-44-38(54)37(53)35(51)23(3)59-44)30(20-28)61-43-34(47-24(4)49)40(36(52)32(22-48)62-43)60-31(42(56)57)18-25-11-8-7-9-12-25/h1,14-15,21,23,25-26,28,30-32,34-40,43-44,48,51-54H,6-13,16-20,22H2,2-4H3,(H,45,55)(H,47,49)(H,56,57)/t23?,26?,28?,30-,31+,32+,34?,35-,36+,37+,38?,39-,40?,43-,44+/m1/s1. The predicted octanol–water partition coefficient (Wildman–Crippen LogP) is 0.598. The van der Waals surface area contributed by atoms with Crippen molar-refractivity contribution in [2.45, 2.75) is 171 Å². The van der Waals surface area contributed by atoms with E-state index in [2.05, 4.69) is 21.5 Å². The van der Waals surface area contributed by atoms with Gasteiger partial charge in [-0.3, -0.25) is 14.4 Å². The molecule has 19 heteroatoms. The minimum atomic E-state index is -1.67. The van der Waals surface area contributed by atoms with Crippen LogP contribution >= 0.6 is 0 Å². The Balaban J connectivity index is 1.36. The number of hydrogen-bond donors (Lipinski definition) is 8. The van der Waals surface area contributed by atoms with Crippen LogP contribution in [0.3, 0.4) is 0 Å². The third kappa shape index (κ3) is 13.4. The van der Waals surface area contributed by atoms with Gasteiger partial charge in [0, 0.05) is 38.1 Å². The van der Waals surface area contributed by atoms with E-state index < -0.39 is 116 Å². The number of pyridine rings is 1. The highest BCUT2D eigenvalue weighted by Gasteiger charge is 2.53. The summed E-state index contributed by atoms with van der Waals surface area (Å²) >= 11 is 0. The molecule has 5 rings (SSSR count). The Hall–Kier alpha value is -3.81. The van der Waals surface area contributed by atoms with Crippen LogP contribution in [0.4, 0.5) is 0 Å². The molecule has 0 bridgehead atoms. The lowest BCUT2D eigenvalue weighted by Gasteiger charge is -2.49. The number of ketones is 1. The number of nitrogens with zero attached hydrogens (tertiary/aromatic N) is 1. The maximum absolute atomic E-state index is 14.0. The SMILES string of the molecule is C#CCOc1ccc(C(=O)NCCCC(=O)C2CC(CC)[C@@H](O[C@@H]3OC(C)[C@@H](O)[C@H](O)C3O)[C@H](O[C@@H]3O[C@@H](CO)[C@H](O)C(O[C@@H](CC4CCCCC4)C(=O)O)C3NC(C)=O)C2)cn1. The number of aliphatic carboxylic acids is 1. The quantitative estimate of drug-likeness (QED) is 0.0657. The summed E-state index contributed by atoms with van der Waals surface area (Å²) in [6.07, 6.45) is -3.73. The van der Waals surface area contributed by atoms with E-state index in [1.54, 1.807) is 0 Å². The fourth-order valence-corrected chi connectivity index (χ4v) is 9.11. The van der Waals surface area contributed by atoms with Crippen LogP contribution in [0.25, 0.3) is 0 Å². The van der Waals surface area contributed by atoms with Crippen molar-refractivity contribution in [2.24, 2.45) is 17.8 Å². The van der Waals surface area contributed by atoms with E-state index in [1.165, 1.54) is 32.2 Å². The lowest BCUT2D eigenvalue weighted by atomic mass is 9.74. The summed E-state index contributed by atoms with van der Waals surface area (Å²) in [6.45, 7) is 4.09. The molecular weight excluding hydrogens is 826 g/mol. The molecule has 4 fully saturated rings. The molecular formula is C44H65N3O16. The Morgan fingerprint density at radius 1 is 0.968 bits per heavy atom. The molecule has 4 aliphatic rings. The van der Waals surface area contributed by atoms with Gasteiger partial charge in [0.15, 0.2) is 25.3 Å². The van der Waals surface area contributed by atoms with E-state index in [4.69, 9.17) is 34.8 Å². The first-order chi connectivity index (χ1) is 30.1. The number of hydrogen-bond acceptors (Lipinski definition) is 16. The molecule has 2 saturated carbocycles. The molecule has 2 aliphatic heterocycles. The maximum atomic E-state index is 14.0. The molecule has 63 heavy (non-hydrogen) atoms. The number of aromatic nitrogens is 1. The molecule has 2 aliphatic carbocycles. The largest absolute Gasteiger partial charge is 0.479 e. The Morgan fingerprint density at radius 2 is 1.71 bits per heavy atom. The zero-order chi connectivity index (χ0) is 45.8. The molecule has 2 amide bonds. The van der Waals surface area contributed by atoms with Crippen molar-refractivity contribution in [1.29, 1.82) is 0 Å². The summed E-state index contributed by atoms with van der Waals surface area (Å²) in [4.78, 5) is 56.2. The third-order valence-electron chi connectivity index (χ3n) is 12.6. The first-order valence-corrected chi connectivity index (χ1v) is 22.1. The van der Waals surface area contributed by atoms with Crippen molar-refractivity contribution in [2.75, 3.05) is 19.8 Å². The number of nitrogens with one attached hydrogen (secondary N) is 2. The predicted molar refractivity (Wildman–Crippen MR) is 221 cm³/mol. The zero-order valence-electron chi connectivity index (χ0n) is 36.2. The number of carbonyl (C=O) groups excluding carboxylic acids is 3. The van der Waals surface area contributed by atoms with E-state index in [0.29, 0.717) is 19.3 Å². The van der Waals surface area contributed by atoms with Crippen LogP contribution in [0.2, 0.25) is 0 Å². The van der Waals surface area contributed by atoms with Gasteiger partial charge in [0.25, 0.3) is 5.91 Å². The molecule has 0 spiro atoms. The average Bonchev–Trinajstić information content (AvgIpc) is 3.27. The van der Waals surface area contributed by atoms with Crippen LogP contribution < -0.4 is 15.4 Å². The van der Waals surface area contributed by atoms with Gasteiger partial charge >= 0.3 is 5.97 Å². The normalized spacial score (nSPS) is 34.3. The van der Waals surface area contributed by atoms with Gasteiger partial charge in [0.2, 0.25) is 11.8 Å². The van der Waals surface area contributed by atoms with Gasteiger partial charge in [-0.1, -0.05) is 51.4 Å². The van der Waals surface area contributed by atoms with Gasteiger partial charge in [-0.25, -0.2) is 9.78 Å². The highest BCUT2D eigenvalue weighted by atomic mass is 16.7. The van der Waals surface area contributed by atoms with Gasteiger partial charge in [-0.15, -0.1) is 6.42 Å². The number of amides is 2. The number of rotatable bonds is 20.